The van der Waals surface area contributed by atoms with E-state index in [1.165, 1.54) is 11.1 Å². The van der Waals surface area contributed by atoms with Gasteiger partial charge in [-0.05, 0) is 18.9 Å². The van der Waals surface area contributed by atoms with Crippen LogP contribution in [0.25, 0.3) is 0 Å². The van der Waals surface area contributed by atoms with Gasteiger partial charge in [-0.15, -0.1) is 0 Å². The third-order valence-electron chi connectivity index (χ3n) is 2.39. The summed E-state index contributed by atoms with van der Waals surface area (Å²) in [5.41, 5.74) is 2.55. The number of hydrogen-bond acceptors (Lipinski definition) is 1. The number of nitrogens with zero attached hydrogens (tertiary/aromatic N) is 1. The molecule has 1 aromatic rings. The topological polar surface area (TPSA) is 20.3 Å². The van der Waals surface area contributed by atoms with Gasteiger partial charge in [0.2, 0.25) is 5.91 Å². The highest BCUT2D eigenvalue weighted by atomic mass is 16.2. The lowest BCUT2D eigenvalue weighted by molar-refractivity contribution is -0.127. The standard InChI is InChI=1S/C12H17NO/c1-10-4-6-12(7-5-10)8-9-13(3)11(2)14/h4-7H,8-9H2,1-3H3. The van der Waals surface area contributed by atoms with Gasteiger partial charge in [-0.1, -0.05) is 29.8 Å². The predicted octanol–water partition coefficient (Wildman–Crippen LogP) is 2.02. The van der Waals surface area contributed by atoms with Crippen LogP contribution in [0, 0.1) is 6.92 Å². The largest absolute Gasteiger partial charge is 0.346 e. The van der Waals surface area contributed by atoms with Crippen LogP contribution in [0.1, 0.15) is 18.1 Å². The first kappa shape index (κ1) is 10.8. The Hall–Kier alpha value is -1.31. The van der Waals surface area contributed by atoms with Crippen LogP contribution in [0.4, 0.5) is 0 Å². The Kier molecular flexibility index (Phi) is 3.69. The number of rotatable bonds is 3. The van der Waals surface area contributed by atoms with E-state index >= 15 is 0 Å². The molecule has 0 fully saturated rings. The molecule has 0 bridgehead atoms. The van der Waals surface area contributed by atoms with Crippen LogP contribution >= 0.6 is 0 Å². The van der Waals surface area contributed by atoms with E-state index in [0.29, 0.717) is 0 Å². The van der Waals surface area contributed by atoms with Crippen molar-refractivity contribution in [3.8, 4) is 0 Å². The molecule has 0 radical (unpaired) electrons. The van der Waals surface area contributed by atoms with E-state index in [4.69, 9.17) is 0 Å². The lowest BCUT2D eigenvalue weighted by Gasteiger charge is -2.14. The second-order valence-corrected chi connectivity index (χ2v) is 3.68. The fourth-order valence-electron chi connectivity index (χ4n) is 1.21. The molecule has 0 aliphatic rings. The van der Waals surface area contributed by atoms with Crippen molar-refractivity contribution in [3.63, 3.8) is 0 Å². The molecule has 0 N–H and O–H groups in total. The average molecular weight is 191 g/mol. The molecule has 0 atom stereocenters. The highest BCUT2D eigenvalue weighted by Gasteiger charge is 2.01. The molecule has 1 aromatic carbocycles. The molecule has 2 heteroatoms. The number of likely N-dealkylation sites (N-methyl/N-ethyl adjacent to an activating group) is 1. The lowest BCUT2D eigenvalue weighted by atomic mass is 10.1. The Bertz CT molecular complexity index is 303. The Balaban J connectivity index is 2.46. The first-order chi connectivity index (χ1) is 6.59. The molecule has 0 spiro atoms. The SMILES string of the molecule is CC(=O)N(C)CCc1ccc(C)cc1. The molecule has 0 saturated heterocycles. The van der Waals surface area contributed by atoms with Crippen molar-refractivity contribution >= 4 is 5.91 Å². The van der Waals surface area contributed by atoms with Gasteiger partial charge in [0.1, 0.15) is 0 Å². The van der Waals surface area contributed by atoms with Crippen LogP contribution in [-0.4, -0.2) is 24.4 Å². The molecule has 2 nitrogen and oxygen atoms in total. The van der Waals surface area contributed by atoms with E-state index in [0.717, 1.165) is 13.0 Å². The van der Waals surface area contributed by atoms with Gasteiger partial charge in [-0.3, -0.25) is 4.79 Å². The number of aryl methyl sites for hydroxylation is 1. The number of hydrogen-bond donors (Lipinski definition) is 0. The second-order valence-electron chi connectivity index (χ2n) is 3.68. The summed E-state index contributed by atoms with van der Waals surface area (Å²) in [5.74, 6) is 0.122. The summed E-state index contributed by atoms with van der Waals surface area (Å²) in [6.07, 6.45) is 0.927. The molecule has 0 aromatic heterocycles. The van der Waals surface area contributed by atoms with Crippen molar-refractivity contribution in [1.29, 1.82) is 0 Å². The van der Waals surface area contributed by atoms with Crippen LogP contribution < -0.4 is 0 Å². The van der Waals surface area contributed by atoms with Gasteiger partial charge in [-0.25, -0.2) is 0 Å². The monoisotopic (exact) mass is 191 g/mol. The number of amides is 1. The van der Waals surface area contributed by atoms with E-state index < -0.39 is 0 Å². The minimum Gasteiger partial charge on any atom is -0.346 e. The van der Waals surface area contributed by atoms with Crippen LogP contribution in [0.3, 0.4) is 0 Å². The number of carbonyl (C=O) groups is 1. The summed E-state index contributed by atoms with van der Waals surface area (Å²) in [6, 6.07) is 8.43. The van der Waals surface area contributed by atoms with E-state index in [9.17, 15) is 4.79 Å². The van der Waals surface area contributed by atoms with Gasteiger partial charge in [-0.2, -0.15) is 0 Å². The molecule has 1 amide bonds. The summed E-state index contributed by atoms with van der Waals surface area (Å²) in [6.45, 7) is 4.46. The Labute approximate surface area is 85.5 Å². The van der Waals surface area contributed by atoms with E-state index in [1.807, 2.05) is 7.05 Å². The average Bonchev–Trinajstić information content (AvgIpc) is 2.16. The van der Waals surface area contributed by atoms with Gasteiger partial charge in [0.05, 0.1) is 0 Å². The van der Waals surface area contributed by atoms with Crippen molar-refractivity contribution in [2.75, 3.05) is 13.6 Å². The van der Waals surface area contributed by atoms with Gasteiger partial charge in [0, 0.05) is 20.5 Å². The molecule has 14 heavy (non-hydrogen) atoms. The first-order valence-electron chi connectivity index (χ1n) is 4.87. The maximum absolute atomic E-state index is 10.9. The summed E-state index contributed by atoms with van der Waals surface area (Å²) in [7, 11) is 1.83. The van der Waals surface area contributed by atoms with Crippen molar-refractivity contribution in [3.05, 3.63) is 35.4 Å². The van der Waals surface area contributed by atoms with Crippen molar-refractivity contribution in [2.24, 2.45) is 0 Å². The predicted molar refractivity (Wildman–Crippen MR) is 58.2 cm³/mol. The number of carbonyl (C=O) groups excluding carboxylic acids is 1. The van der Waals surface area contributed by atoms with Gasteiger partial charge in [0.25, 0.3) is 0 Å². The normalized spacial score (nSPS) is 9.93. The van der Waals surface area contributed by atoms with Crippen LogP contribution in [0.15, 0.2) is 24.3 Å². The molecule has 0 aliphatic carbocycles. The quantitative estimate of drug-likeness (QED) is 0.715. The minimum atomic E-state index is 0.122. The smallest absolute Gasteiger partial charge is 0.219 e. The van der Waals surface area contributed by atoms with Gasteiger partial charge in [0.15, 0.2) is 0 Å². The Morgan fingerprint density at radius 3 is 2.36 bits per heavy atom. The maximum atomic E-state index is 10.9. The highest BCUT2D eigenvalue weighted by molar-refractivity contribution is 5.72. The van der Waals surface area contributed by atoms with E-state index in [2.05, 4.69) is 31.2 Å². The molecular formula is C12H17NO. The van der Waals surface area contributed by atoms with E-state index in [-0.39, 0.29) is 5.91 Å². The summed E-state index contributed by atoms with van der Waals surface area (Å²) in [5, 5.41) is 0. The Morgan fingerprint density at radius 2 is 1.86 bits per heavy atom. The fraction of sp³-hybridized carbons (Fsp3) is 0.417. The zero-order chi connectivity index (χ0) is 10.6. The minimum absolute atomic E-state index is 0.122. The molecule has 0 heterocycles. The first-order valence-corrected chi connectivity index (χ1v) is 4.87. The molecule has 1 rings (SSSR count). The van der Waals surface area contributed by atoms with E-state index in [1.54, 1.807) is 11.8 Å². The lowest BCUT2D eigenvalue weighted by Crippen LogP contribution is -2.26. The third kappa shape index (κ3) is 3.21. The summed E-state index contributed by atoms with van der Waals surface area (Å²) >= 11 is 0. The fourth-order valence-corrected chi connectivity index (χ4v) is 1.21. The Morgan fingerprint density at radius 1 is 1.29 bits per heavy atom. The van der Waals surface area contributed by atoms with Crippen molar-refractivity contribution in [1.82, 2.24) is 4.90 Å². The number of benzene rings is 1. The summed E-state index contributed by atoms with van der Waals surface area (Å²) < 4.78 is 0. The zero-order valence-corrected chi connectivity index (χ0v) is 9.08. The highest BCUT2D eigenvalue weighted by Crippen LogP contribution is 2.04. The zero-order valence-electron chi connectivity index (χ0n) is 9.08. The molecule has 76 valence electrons. The van der Waals surface area contributed by atoms with Crippen molar-refractivity contribution < 1.29 is 4.79 Å². The van der Waals surface area contributed by atoms with Gasteiger partial charge >= 0.3 is 0 Å². The van der Waals surface area contributed by atoms with Crippen LogP contribution in [0.2, 0.25) is 0 Å². The second kappa shape index (κ2) is 4.80. The molecule has 0 aliphatic heterocycles. The third-order valence-corrected chi connectivity index (χ3v) is 2.39. The molecule has 0 saturated carbocycles. The van der Waals surface area contributed by atoms with Crippen molar-refractivity contribution in [2.45, 2.75) is 20.3 Å². The van der Waals surface area contributed by atoms with Crippen LogP contribution in [-0.2, 0) is 11.2 Å². The van der Waals surface area contributed by atoms with Gasteiger partial charge < -0.3 is 4.90 Å². The maximum Gasteiger partial charge on any atom is 0.219 e. The van der Waals surface area contributed by atoms with Crippen LogP contribution in [0.5, 0.6) is 0 Å². The molecular weight excluding hydrogens is 174 g/mol. The molecule has 0 unspecified atom stereocenters. The summed E-state index contributed by atoms with van der Waals surface area (Å²) in [4.78, 5) is 12.7.